The topological polar surface area (TPSA) is 21.3 Å². The molecule has 2 nitrogen and oxygen atoms in total. The van der Waals surface area contributed by atoms with Crippen LogP contribution in [-0.4, -0.2) is 18.7 Å². The summed E-state index contributed by atoms with van der Waals surface area (Å²) < 4.78 is 5.87. The number of ether oxygens (including phenoxy) is 1. The molecule has 0 aromatic heterocycles. The molecule has 1 atom stereocenters. The van der Waals surface area contributed by atoms with Crippen LogP contribution in [0.1, 0.15) is 38.5 Å². The maximum atomic E-state index is 5.87. The van der Waals surface area contributed by atoms with E-state index in [1.54, 1.807) is 0 Å². The molecule has 0 aromatic carbocycles. The Balaban J connectivity index is 1.86. The van der Waals surface area contributed by atoms with E-state index in [0.29, 0.717) is 0 Å². The first-order valence-electron chi connectivity index (χ1n) is 6.00. The molecule has 2 heterocycles. The van der Waals surface area contributed by atoms with Gasteiger partial charge < -0.3 is 10.1 Å². The SMILES string of the molecule is C1=C(C2(C3CC3)CCCN2)OCCC1. The monoisotopic (exact) mass is 193 g/mol. The lowest BCUT2D eigenvalue weighted by molar-refractivity contribution is 0.128. The summed E-state index contributed by atoms with van der Waals surface area (Å²) in [5.74, 6) is 2.15. The Labute approximate surface area is 85.7 Å². The van der Waals surface area contributed by atoms with Crippen molar-refractivity contribution in [2.24, 2.45) is 5.92 Å². The first-order chi connectivity index (χ1) is 6.92. The molecule has 1 unspecified atom stereocenters. The highest BCUT2D eigenvalue weighted by atomic mass is 16.5. The highest BCUT2D eigenvalue weighted by Crippen LogP contribution is 2.48. The lowest BCUT2D eigenvalue weighted by atomic mass is 9.87. The van der Waals surface area contributed by atoms with Crippen LogP contribution in [0.4, 0.5) is 0 Å². The Morgan fingerprint density at radius 3 is 2.86 bits per heavy atom. The molecule has 2 heteroatoms. The van der Waals surface area contributed by atoms with E-state index in [2.05, 4.69) is 11.4 Å². The van der Waals surface area contributed by atoms with Crippen molar-refractivity contribution in [3.05, 3.63) is 11.8 Å². The van der Waals surface area contributed by atoms with Crippen molar-refractivity contribution in [1.82, 2.24) is 5.32 Å². The molecule has 1 saturated carbocycles. The van der Waals surface area contributed by atoms with Gasteiger partial charge in [0.1, 0.15) is 5.76 Å². The summed E-state index contributed by atoms with van der Waals surface area (Å²) in [5.41, 5.74) is 0.264. The van der Waals surface area contributed by atoms with Gasteiger partial charge in [-0.2, -0.15) is 0 Å². The molecule has 14 heavy (non-hydrogen) atoms. The minimum absolute atomic E-state index is 0.264. The number of hydrogen-bond donors (Lipinski definition) is 1. The van der Waals surface area contributed by atoms with Gasteiger partial charge >= 0.3 is 0 Å². The van der Waals surface area contributed by atoms with E-state index in [0.717, 1.165) is 12.5 Å². The molecule has 0 aromatic rings. The number of rotatable bonds is 2. The minimum Gasteiger partial charge on any atom is -0.496 e. The third-order valence-corrected chi connectivity index (χ3v) is 3.84. The summed E-state index contributed by atoms with van der Waals surface area (Å²) in [6, 6.07) is 0. The van der Waals surface area contributed by atoms with Crippen molar-refractivity contribution in [2.75, 3.05) is 13.2 Å². The van der Waals surface area contributed by atoms with Gasteiger partial charge in [0, 0.05) is 0 Å². The largest absolute Gasteiger partial charge is 0.496 e. The predicted molar refractivity (Wildman–Crippen MR) is 56.0 cm³/mol. The molecule has 3 aliphatic rings. The first kappa shape index (κ1) is 8.78. The van der Waals surface area contributed by atoms with Crippen LogP contribution in [-0.2, 0) is 4.74 Å². The maximum absolute atomic E-state index is 5.87. The average Bonchev–Trinajstić information content (AvgIpc) is 2.99. The Kier molecular flexibility index (Phi) is 2.05. The van der Waals surface area contributed by atoms with Gasteiger partial charge in [-0.25, -0.2) is 0 Å². The zero-order valence-corrected chi connectivity index (χ0v) is 8.72. The Morgan fingerprint density at radius 1 is 1.36 bits per heavy atom. The Morgan fingerprint density at radius 2 is 2.29 bits per heavy atom. The predicted octanol–water partition coefficient (Wildman–Crippen LogP) is 2.21. The van der Waals surface area contributed by atoms with E-state index >= 15 is 0 Å². The summed E-state index contributed by atoms with van der Waals surface area (Å²) in [5, 5.41) is 3.71. The minimum atomic E-state index is 0.264. The van der Waals surface area contributed by atoms with Gasteiger partial charge in [0.05, 0.1) is 12.1 Å². The second kappa shape index (κ2) is 3.27. The molecule has 1 N–H and O–H groups in total. The van der Waals surface area contributed by atoms with E-state index in [4.69, 9.17) is 4.74 Å². The van der Waals surface area contributed by atoms with E-state index < -0.39 is 0 Å². The zero-order valence-electron chi connectivity index (χ0n) is 8.72. The van der Waals surface area contributed by atoms with Crippen LogP contribution in [0.15, 0.2) is 11.8 Å². The second-order valence-electron chi connectivity index (χ2n) is 4.84. The van der Waals surface area contributed by atoms with Crippen molar-refractivity contribution in [1.29, 1.82) is 0 Å². The molecule has 0 amide bonds. The van der Waals surface area contributed by atoms with Crippen LogP contribution in [0, 0.1) is 5.92 Å². The normalized spacial score (nSPS) is 37.9. The van der Waals surface area contributed by atoms with E-state index in [9.17, 15) is 0 Å². The molecule has 78 valence electrons. The number of hydrogen-bond acceptors (Lipinski definition) is 2. The van der Waals surface area contributed by atoms with Gasteiger partial charge in [-0.3, -0.25) is 0 Å². The van der Waals surface area contributed by atoms with E-state index in [1.165, 1.54) is 50.8 Å². The summed E-state index contributed by atoms with van der Waals surface area (Å²) in [4.78, 5) is 0. The molecule has 2 aliphatic heterocycles. The summed E-state index contributed by atoms with van der Waals surface area (Å²) in [6.45, 7) is 2.11. The first-order valence-corrected chi connectivity index (χ1v) is 6.00. The lowest BCUT2D eigenvalue weighted by Crippen LogP contribution is -2.45. The maximum Gasteiger partial charge on any atom is 0.112 e. The van der Waals surface area contributed by atoms with Crippen molar-refractivity contribution < 1.29 is 4.74 Å². The molecule has 0 radical (unpaired) electrons. The fourth-order valence-electron chi connectivity index (χ4n) is 2.97. The highest BCUT2D eigenvalue weighted by Gasteiger charge is 2.50. The second-order valence-corrected chi connectivity index (χ2v) is 4.84. The van der Waals surface area contributed by atoms with E-state index in [-0.39, 0.29) is 5.54 Å². The van der Waals surface area contributed by atoms with Gasteiger partial charge in [-0.1, -0.05) is 0 Å². The Bertz CT molecular complexity index is 249. The standard InChI is InChI=1S/C12H19NO/c1-2-9-14-11(4-1)12(10-5-6-10)7-3-8-13-12/h4,10,13H,1-3,5-9H2. The van der Waals surface area contributed by atoms with Gasteiger partial charge in [0.2, 0.25) is 0 Å². The molecular weight excluding hydrogens is 174 g/mol. The van der Waals surface area contributed by atoms with Crippen LogP contribution in [0.25, 0.3) is 0 Å². The molecule has 3 rings (SSSR count). The Hall–Kier alpha value is -0.500. The van der Waals surface area contributed by atoms with Gasteiger partial charge in [-0.05, 0) is 57.1 Å². The van der Waals surface area contributed by atoms with Crippen LogP contribution in [0.2, 0.25) is 0 Å². The van der Waals surface area contributed by atoms with Crippen LogP contribution in [0.3, 0.4) is 0 Å². The summed E-state index contributed by atoms with van der Waals surface area (Å²) >= 11 is 0. The van der Waals surface area contributed by atoms with Crippen LogP contribution in [0.5, 0.6) is 0 Å². The number of nitrogens with one attached hydrogen (secondary N) is 1. The summed E-state index contributed by atoms with van der Waals surface area (Å²) in [6.07, 6.45) is 10.2. The van der Waals surface area contributed by atoms with Gasteiger partial charge in [0.15, 0.2) is 0 Å². The highest BCUT2D eigenvalue weighted by molar-refractivity contribution is 5.23. The molecule has 0 bridgehead atoms. The van der Waals surface area contributed by atoms with Crippen molar-refractivity contribution >= 4 is 0 Å². The van der Waals surface area contributed by atoms with E-state index in [1.807, 2.05) is 0 Å². The quantitative estimate of drug-likeness (QED) is 0.726. The average molecular weight is 193 g/mol. The third-order valence-electron chi connectivity index (χ3n) is 3.84. The smallest absolute Gasteiger partial charge is 0.112 e. The lowest BCUT2D eigenvalue weighted by Gasteiger charge is -2.34. The van der Waals surface area contributed by atoms with Crippen molar-refractivity contribution in [3.63, 3.8) is 0 Å². The summed E-state index contributed by atoms with van der Waals surface area (Å²) in [7, 11) is 0. The molecule has 1 aliphatic carbocycles. The molecular formula is C12H19NO. The van der Waals surface area contributed by atoms with Gasteiger partial charge in [-0.15, -0.1) is 0 Å². The molecule has 2 fully saturated rings. The fourth-order valence-corrected chi connectivity index (χ4v) is 2.97. The van der Waals surface area contributed by atoms with Crippen molar-refractivity contribution in [2.45, 2.75) is 44.1 Å². The zero-order chi connectivity index (χ0) is 9.43. The molecule has 0 spiro atoms. The van der Waals surface area contributed by atoms with Gasteiger partial charge in [0.25, 0.3) is 0 Å². The number of allylic oxidation sites excluding steroid dienone is 1. The fraction of sp³-hybridized carbons (Fsp3) is 0.833. The van der Waals surface area contributed by atoms with Crippen molar-refractivity contribution in [3.8, 4) is 0 Å². The van der Waals surface area contributed by atoms with Crippen LogP contribution < -0.4 is 5.32 Å². The van der Waals surface area contributed by atoms with Crippen LogP contribution >= 0.6 is 0 Å². The molecule has 1 saturated heterocycles. The third kappa shape index (κ3) is 1.28.